The summed E-state index contributed by atoms with van der Waals surface area (Å²) in [5.74, 6) is -0.309. The van der Waals surface area contributed by atoms with E-state index in [-0.39, 0.29) is 25.6 Å². The number of hydrogen-bond acceptors (Lipinski definition) is 4. The zero-order valence-electron chi connectivity index (χ0n) is 17.9. The average molecular weight is 444 g/mol. The van der Waals surface area contributed by atoms with Gasteiger partial charge in [0.2, 0.25) is 10.0 Å². The highest BCUT2D eigenvalue weighted by atomic mass is 32.2. The van der Waals surface area contributed by atoms with Crippen LogP contribution in [-0.4, -0.2) is 29.0 Å². The monoisotopic (exact) mass is 443 g/mol. The fourth-order valence-corrected chi connectivity index (χ4v) is 5.68. The van der Waals surface area contributed by atoms with Gasteiger partial charge in [0.15, 0.2) is 0 Å². The van der Waals surface area contributed by atoms with Crippen molar-refractivity contribution in [2.24, 2.45) is 7.05 Å². The van der Waals surface area contributed by atoms with Crippen LogP contribution in [-0.2, 0) is 48.0 Å². The minimum Gasteiger partial charge on any atom is -0.370 e. The molecule has 0 unspecified atom stereocenters. The molecule has 0 radical (unpaired) electrons. The lowest BCUT2D eigenvalue weighted by Gasteiger charge is -2.27. The molecular formula is C23H26FN3O3S. The van der Waals surface area contributed by atoms with Crippen molar-refractivity contribution in [2.45, 2.75) is 44.9 Å². The molecule has 0 amide bonds. The Kier molecular flexibility index (Phi) is 5.96. The SMILES string of the molecule is Cc1ccc(C)c(S(=O)(=O)N2CCc3c(c(COCc4ccccc4F)nn3C)C2)c1. The van der Waals surface area contributed by atoms with Crippen molar-refractivity contribution in [3.63, 3.8) is 0 Å². The molecule has 0 atom stereocenters. The fourth-order valence-electron chi connectivity index (χ4n) is 3.96. The second kappa shape index (κ2) is 8.53. The van der Waals surface area contributed by atoms with E-state index in [0.717, 1.165) is 22.4 Å². The maximum atomic E-state index is 13.8. The number of rotatable bonds is 6. The minimum absolute atomic E-state index is 0.128. The average Bonchev–Trinajstić information content (AvgIpc) is 3.06. The number of sulfonamides is 1. The second-order valence-corrected chi connectivity index (χ2v) is 9.84. The Morgan fingerprint density at radius 1 is 1.13 bits per heavy atom. The molecule has 0 saturated heterocycles. The maximum Gasteiger partial charge on any atom is 0.243 e. The number of fused-ring (bicyclic) bond motifs is 1. The van der Waals surface area contributed by atoms with Crippen molar-refractivity contribution >= 4 is 10.0 Å². The van der Waals surface area contributed by atoms with Crippen molar-refractivity contribution in [3.8, 4) is 0 Å². The molecule has 31 heavy (non-hydrogen) atoms. The molecule has 6 nitrogen and oxygen atoms in total. The van der Waals surface area contributed by atoms with Crippen LogP contribution in [0.3, 0.4) is 0 Å². The second-order valence-electron chi connectivity index (χ2n) is 7.94. The molecule has 1 aliphatic heterocycles. The number of nitrogens with zero attached hydrogens (tertiary/aromatic N) is 3. The van der Waals surface area contributed by atoms with Crippen molar-refractivity contribution in [3.05, 3.63) is 81.9 Å². The lowest BCUT2D eigenvalue weighted by atomic mass is 10.1. The van der Waals surface area contributed by atoms with Gasteiger partial charge in [0, 0.05) is 43.4 Å². The van der Waals surface area contributed by atoms with Crippen molar-refractivity contribution in [1.29, 1.82) is 0 Å². The largest absolute Gasteiger partial charge is 0.370 e. The van der Waals surface area contributed by atoms with Crippen LogP contribution in [0.5, 0.6) is 0 Å². The van der Waals surface area contributed by atoms with Gasteiger partial charge in [-0.15, -0.1) is 0 Å². The van der Waals surface area contributed by atoms with Crippen LogP contribution in [0.1, 0.15) is 33.6 Å². The van der Waals surface area contributed by atoms with E-state index in [2.05, 4.69) is 5.10 Å². The number of aryl methyl sites for hydroxylation is 3. The van der Waals surface area contributed by atoms with Gasteiger partial charge in [-0.1, -0.05) is 30.3 Å². The van der Waals surface area contributed by atoms with Gasteiger partial charge in [0.25, 0.3) is 0 Å². The van der Waals surface area contributed by atoms with Crippen molar-refractivity contribution in [1.82, 2.24) is 14.1 Å². The molecule has 164 valence electrons. The van der Waals surface area contributed by atoms with E-state index in [0.29, 0.717) is 29.1 Å². The van der Waals surface area contributed by atoms with Crippen LogP contribution in [0.4, 0.5) is 4.39 Å². The zero-order chi connectivity index (χ0) is 22.2. The Morgan fingerprint density at radius 2 is 1.90 bits per heavy atom. The molecule has 0 N–H and O–H groups in total. The molecule has 8 heteroatoms. The molecule has 2 heterocycles. The summed E-state index contributed by atoms with van der Waals surface area (Å²) < 4.78 is 49.6. The van der Waals surface area contributed by atoms with E-state index in [9.17, 15) is 12.8 Å². The fraction of sp³-hybridized carbons (Fsp3) is 0.348. The van der Waals surface area contributed by atoms with Crippen molar-refractivity contribution in [2.75, 3.05) is 6.54 Å². The topological polar surface area (TPSA) is 64.4 Å². The van der Waals surface area contributed by atoms with E-state index in [1.54, 1.807) is 28.9 Å². The Morgan fingerprint density at radius 3 is 2.68 bits per heavy atom. The summed E-state index contributed by atoms with van der Waals surface area (Å²) in [7, 11) is -1.77. The van der Waals surface area contributed by atoms with E-state index in [1.807, 2.05) is 33.0 Å². The summed E-state index contributed by atoms with van der Waals surface area (Å²) in [4.78, 5) is 0.345. The summed E-state index contributed by atoms with van der Waals surface area (Å²) in [6.07, 6.45) is 0.580. The van der Waals surface area contributed by atoms with Crippen LogP contribution in [0.25, 0.3) is 0 Å². The lowest BCUT2D eigenvalue weighted by molar-refractivity contribution is 0.101. The molecule has 0 saturated carbocycles. The summed E-state index contributed by atoms with van der Waals surface area (Å²) in [5.41, 5.74) is 4.69. The third kappa shape index (κ3) is 4.28. The molecule has 0 bridgehead atoms. The molecule has 0 fully saturated rings. The van der Waals surface area contributed by atoms with E-state index in [4.69, 9.17) is 4.74 Å². The highest BCUT2D eigenvalue weighted by Gasteiger charge is 2.32. The summed E-state index contributed by atoms with van der Waals surface area (Å²) in [6.45, 7) is 4.67. The Balaban J connectivity index is 1.55. The molecule has 4 rings (SSSR count). The Labute approximate surface area is 182 Å². The van der Waals surface area contributed by atoms with E-state index >= 15 is 0 Å². The summed E-state index contributed by atoms with van der Waals surface area (Å²) in [6, 6.07) is 12.0. The first-order valence-corrected chi connectivity index (χ1v) is 11.6. The third-order valence-corrected chi connectivity index (χ3v) is 7.69. The number of benzene rings is 2. The highest BCUT2D eigenvalue weighted by Crippen LogP contribution is 2.29. The predicted octanol–water partition coefficient (Wildman–Crippen LogP) is 3.64. The molecule has 0 spiro atoms. The Bertz CT molecular complexity index is 1220. The maximum absolute atomic E-state index is 13.8. The van der Waals surface area contributed by atoms with Gasteiger partial charge in [-0.05, 0) is 37.1 Å². The van der Waals surface area contributed by atoms with Gasteiger partial charge in [0.05, 0.1) is 23.8 Å². The van der Waals surface area contributed by atoms with Crippen LogP contribution in [0, 0.1) is 19.7 Å². The molecular weight excluding hydrogens is 417 g/mol. The Hall–Kier alpha value is -2.55. The quantitative estimate of drug-likeness (QED) is 0.584. The van der Waals surface area contributed by atoms with Gasteiger partial charge in [-0.3, -0.25) is 4.68 Å². The van der Waals surface area contributed by atoms with E-state index < -0.39 is 10.0 Å². The van der Waals surface area contributed by atoms with Crippen LogP contribution >= 0.6 is 0 Å². The molecule has 2 aromatic carbocycles. The van der Waals surface area contributed by atoms with E-state index in [1.165, 1.54) is 10.4 Å². The normalized spacial score (nSPS) is 14.6. The first kappa shape index (κ1) is 21.7. The van der Waals surface area contributed by atoms with Gasteiger partial charge in [-0.2, -0.15) is 9.40 Å². The van der Waals surface area contributed by atoms with Crippen LogP contribution in [0.15, 0.2) is 47.4 Å². The summed E-state index contributed by atoms with van der Waals surface area (Å²) in [5, 5.41) is 4.54. The first-order chi connectivity index (χ1) is 14.8. The summed E-state index contributed by atoms with van der Waals surface area (Å²) >= 11 is 0. The number of ether oxygens (including phenoxy) is 1. The molecule has 1 aromatic heterocycles. The van der Waals surface area contributed by atoms with Gasteiger partial charge < -0.3 is 4.74 Å². The van der Waals surface area contributed by atoms with Crippen LogP contribution < -0.4 is 0 Å². The predicted molar refractivity (Wildman–Crippen MR) is 115 cm³/mol. The van der Waals surface area contributed by atoms with Gasteiger partial charge in [-0.25, -0.2) is 12.8 Å². The zero-order valence-corrected chi connectivity index (χ0v) is 18.7. The van der Waals surface area contributed by atoms with Crippen molar-refractivity contribution < 1.29 is 17.5 Å². The van der Waals surface area contributed by atoms with Crippen LogP contribution in [0.2, 0.25) is 0 Å². The first-order valence-electron chi connectivity index (χ1n) is 10.2. The lowest BCUT2D eigenvalue weighted by Crippen LogP contribution is -2.36. The minimum atomic E-state index is -3.63. The van der Waals surface area contributed by atoms with Gasteiger partial charge in [0.1, 0.15) is 5.82 Å². The molecule has 0 aliphatic carbocycles. The van der Waals surface area contributed by atoms with Gasteiger partial charge >= 0.3 is 0 Å². The third-order valence-electron chi connectivity index (χ3n) is 5.71. The molecule has 3 aromatic rings. The number of aromatic nitrogens is 2. The standard InChI is InChI=1S/C23H26FN3O3S/c1-16-8-9-17(2)23(12-16)31(28,29)27-11-10-22-19(13-27)21(25-26(22)3)15-30-14-18-6-4-5-7-20(18)24/h4-9,12H,10-11,13-15H2,1-3H3. The number of hydrogen-bond donors (Lipinski definition) is 0. The highest BCUT2D eigenvalue weighted by molar-refractivity contribution is 7.89. The molecule has 1 aliphatic rings. The smallest absolute Gasteiger partial charge is 0.243 e. The number of halogens is 1.